The Kier molecular flexibility index (Phi) is 5.65. The van der Waals surface area contributed by atoms with Gasteiger partial charge in [0.2, 0.25) is 0 Å². The zero-order chi connectivity index (χ0) is 12.1. The lowest BCUT2D eigenvalue weighted by atomic mass is 10.2. The van der Waals surface area contributed by atoms with Crippen LogP contribution >= 0.6 is 11.6 Å². The highest BCUT2D eigenvalue weighted by atomic mass is 35.5. The van der Waals surface area contributed by atoms with E-state index in [1.54, 1.807) is 20.8 Å². The Bertz CT molecular complexity index is 235. The highest BCUT2D eigenvalue weighted by Crippen LogP contribution is 2.09. The van der Waals surface area contributed by atoms with Crippen LogP contribution in [-0.2, 0) is 9.53 Å². The molecule has 0 aliphatic heterocycles. The van der Waals surface area contributed by atoms with E-state index in [0.29, 0.717) is 0 Å². The van der Waals surface area contributed by atoms with Crippen LogP contribution in [0.15, 0.2) is 0 Å². The molecule has 0 radical (unpaired) electrons. The summed E-state index contributed by atoms with van der Waals surface area (Å²) in [6, 6.07) is 0. The summed E-state index contributed by atoms with van der Waals surface area (Å²) in [5, 5.41) is 0. The minimum Gasteiger partial charge on any atom is -0.444 e. The first-order valence-corrected chi connectivity index (χ1v) is 5.31. The van der Waals surface area contributed by atoms with Crippen LogP contribution in [0.3, 0.4) is 0 Å². The largest absolute Gasteiger partial charge is 0.444 e. The molecule has 0 heterocycles. The van der Waals surface area contributed by atoms with E-state index in [1.807, 2.05) is 0 Å². The van der Waals surface area contributed by atoms with Gasteiger partial charge in [0.05, 0.1) is 6.54 Å². The topological polar surface area (TPSA) is 46.6 Å². The first kappa shape index (κ1) is 14.2. The smallest absolute Gasteiger partial charge is 0.410 e. The van der Waals surface area contributed by atoms with Gasteiger partial charge in [0.25, 0.3) is 0 Å². The van der Waals surface area contributed by atoms with Crippen LogP contribution in [0, 0.1) is 0 Å². The molecule has 0 rings (SSSR count). The zero-order valence-corrected chi connectivity index (χ0v) is 10.4. The third-order valence-electron chi connectivity index (χ3n) is 1.49. The number of nitrogens with zero attached hydrogens (tertiary/aromatic N) is 1. The number of likely N-dealkylation sites (N-methyl/N-ethyl adjacent to an activating group) is 1. The van der Waals surface area contributed by atoms with Gasteiger partial charge in [-0.15, -0.1) is 11.6 Å². The number of hydrogen-bond donors (Lipinski definition) is 0. The molecular weight excluding hydrogens is 218 g/mol. The van der Waals surface area contributed by atoms with Crippen molar-refractivity contribution in [2.24, 2.45) is 0 Å². The number of alkyl halides is 1. The molecule has 0 fully saturated rings. The number of hydrogen-bond acceptors (Lipinski definition) is 3. The van der Waals surface area contributed by atoms with Gasteiger partial charge in [-0.05, 0) is 20.8 Å². The van der Waals surface area contributed by atoms with Gasteiger partial charge in [-0.25, -0.2) is 4.79 Å². The maximum Gasteiger partial charge on any atom is 0.410 e. The molecule has 0 aromatic carbocycles. The SMILES string of the molecule is CN(CC(=O)CCCl)C(=O)OC(C)(C)C. The van der Waals surface area contributed by atoms with E-state index in [1.165, 1.54) is 11.9 Å². The van der Waals surface area contributed by atoms with Gasteiger partial charge in [0.1, 0.15) is 5.60 Å². The first-order chi connectivity index (χ1) is 6.76. The van der Waals surface area contributed by atoms with E-state index in [2.05, 4.69) is 0 Å². The van der Waals surface area contributed by atoms with E-state index >= 15 is 0 Å². The van der Waals surface area contributed by atoms with Gasteiger partial charge >= 0.3 is 6.09 Å². The minimum atomic E-state index is -0.541. The molecule has 0 aliphatic rings. The molecule has 0 bridgehead atoms. The monoisotopic (exact) mass is 235 g/mol. The van der Waals surface area contributed by atoms with Crippen molar-refractivity contribution in [1.82, 2.24) is 4.90 Å². The maximum absolute atomic E-state index is 11.4. The van der Waals surface area contributed by atoms with E-state index in [-0.39, 0.29) is 24.6 Å². The van der Waals surface area contributed by atoms with Crippen LogP contribution in [0.1, 0.15) is 27.2 Å². The molecule has 88 valence electrons. The lowest BCUT2D eigenvalue weighted by molar-refractivity contribution is -0.119. The van der Waals surface area contributed by atoms with Gasteiger partial charge in [-0.3, -0.25) is 4.79 Å². The van der Waals surface area contributed by atoms with Gasteiger partial charge in [-0.2, -0.15) is 0 Å². The molecule has 5 heteroatoms. The summed E-state index contributed by atoms with van der Waals surface area (Å²) in [4.78, 5) is 23.9. The summed E-state index contributed by atoms with van der Waals surface area (Å²) < 4.78 is 5.08. The molecule has 0 spiro atoms. The number of Topliss-reactive ketones (excluding diaryl/α,β-unsaturated/α-hetero) is 1. The molecule has 0 unspecified atom stereocenters. The molecule has 0 aliphatic carbocycles. The van der Waals surface area contributed by atoms with Crippen molar-refractivity contribution in [3.63, 3.8) is 0 Å². The number of halogens is 1. The summed E-state index contributed by atoms with van der Waals surface area (Å²) in [6.45, 7) is 5.37. The highest BCUT2D eigenvalue weighted by Gasteiger charge is 2.20. The van der Waals surface area contributed by atoms with E-state index in [0.717, 1.165) is 0 Å². The van der Waals surface area contributed by atoms with Crippen molar-refractivity contribution in [2.45, 2.75) is 32.8 Å². The molecule has 0 aromatic heterocycles. The third kappa shape index (κ3) is 7.19. The van der Waals surface area contributed by atoms with Crippen molar-refractivity contribution in [1.29, 1.82) is 0 Å². The predicted molar refractivity (Wildman–Crippen MR) is 59.2 cm³/mol. The maximum atomic E-state index is 11.4. The molecule has 0 atom stereocenters. The second-order valence-electron chi connectivity index (χ2n) is 4.31. The average Bonchev–Trinajstić information content (AvgIpc) is 2.00. The molecule has 4 nitrogen and oxygen atoms in total. The van der Waals surface area contributed by atoms with Crippen LogP contribution in [0.25, 0.3) is 0 Å². The Labute approximate surface area is 95.5 Å². The Morgan fingerprint density at radius 3 is 2.27 bits per heavy atom. The minimum absolute atomic E-state index is 0.0433. The normalized spacial score (nSPS) is 11.0. The second kappa shape index (κ2) is 5.95. The Balaban J connectivity index is 4.05. The number of rotatable bonds is 4. The van der Waals surface area contributed by atoms with Crippen LogP contribution in [0.4, 0.5) is 4.79 Å². The second-order valence-corrected chi connectivity index (χ2v) is 4.69. The molecular formula is C10H18ClNO3. The molecule has 15 heavy (non-hydrogen) atoms. The molecule has 0 N–H and O–H groups in total. The van der Waals surface area contributed by atoms with E-state index in [4.69, 9.17) is 16.3 Å². The van der Waals surface area contributed by atoms with E-state index in [9.17, 15) is 9.59 Å². The van der Waals surface area contributed by atoms with Crippen molar-refractivity contribution in [3.05, 3.63) is 0 Å². The lowest BCUT2D eigenvalue weighted by Gasteiger charge is -2.24. The van der Waals surface area contributed by atoms with E-state index < -0.39 is 11.7 Å². The van der Waals surface area contributed by atoms with Gasteiger partial charge < -0.3 is 9.64 Å². The quantitative estimate of drug-likeness (QED) is 0.701. The number of ether oxygens (including phenoxy) is 1. The summed E-state index contributed by atoms with van der Waals surface area (Å²) in [7, 11) is 1.53. The van der Waals surface area contributed by atoms with Crippen LogP contribution < -0.4 is 0 Å². The van der Waals surface area contributed by atoms with Crippen LogP contribution in [0.2, 0.25) is 0 Å². The number of amides is 1. The number of carbonyl (C=O) groups is 2. The van der Waals surface area contributed by atoms with Crippen LogP contribution in [-0.4, -0.2) is 41.8 Å². The molecule has 1 amide bonds. The fourth-order valence-electron chi connectivity index (χ4n) is 0.853. The van der Waals surface area contributed by atoms with Crippen molar-refractivity contribution >= 4 is 23.5 Å². The Morgan fingerprint density at radius 2 is 1.87 bits per heavy atom. The summed E-state index contributed by atoms with van der Waals surface area (Å²) in [5.41, 5.74) is -0.541. The Morgan fingerprint density at radius 1 is 1.33 bits per heavy atom. The number of ketones is 1. The standard InChI is InChI=1S/C10H18ClNO3/c1-10(2,3)15-9(14)12(4)7-8(13)5-6-11/h5-7H2,1-4H3. The van der Waals surface area contributed by atoms with Gasteiger partial charge in [-0.1, -0.05) is 0 Å². The molecule has 0 saturated heterocycles. The summed E-state index contributed by atoms with van der Waals surface area (Å²) >= 11 is 5.41. The fraction of sp³-hybridized carbons (Fsp3) is 0.800. The molecule has 0 saturated carbocycles. The van der Waals surface area contributed by atoms with Crippen molar-refractivity contribution < 1.29 is 14.3 Å². The average molecular weight is 236 g/mol. The Hall–Kier alpha value is -0.770. The van der Waals surface area contributed by atoms with Crippen molar-refractivity contribution in [2.75, 3.05) is 19.5 Å². The summed E-state index contributed by atoms with van der Waals surface area (Å²) in [5.74, 6) is 0.208. The third-order valence-corrected chi connectivity index (χ3v) is 1.68. The zero-order valence-electron chi connectivity index (χ0n) is 9.67. The summed E-state index contributed by atoms with van der Waals surface area (Å²) in [6.07, 6.45) is -0.222. The van der Waals surface area contributed by atoms with Gasteiger partial charge in [0, 0.05) is 19.3 Å². The predicted octanol–water partition coefficient (Wildman–Crippen LogP) is 2.05. The van der Waals surface area contributed by atoms with Gasteiger partial charge in [0.15, 0.2) is 5.78 Å². The van der Waals surface area contributed by atoms with Crippen molar-refractivity contribution in [3.8, 4) is 0 Å². The highest BCUT2D eigenvalue weighted by molar-refractivity contribution is 6.19. The number of carbonyl (C=O) groups excluding carboxylic acids is 2. The first-order valence-electron chi connectivity index (χ1n) is 4.78. The molecule has 0 aromatic rings. The van der Waals surface area contributed by atoms with Crippen LogP contribution in [0.5, 0.6) is 0 Å². The fourth-order valence-corrected chi connectivity index (χ4v) is 1.06. The lowest BCUT2D eigenvalue weighted by Crippen LogP contribution is -2.37.